The van der Waals surface area contributed by atoms with Gasteiger partial charge in [0.25, 0.3) is 0 Å². The Morgan fingerprint density at radius 3 is 2.46 bits per heavy atom. The lowest BCUT2D eigenvalue weighted by Gasteiger charge is -2.24. The number of benzene rings is 2. The van der Waals surface area contributed by atoms with Crippen molar-refractivity contribution in [3.63, 3.8) is 0 Å². The number of halogens is 1. The van der Waals surface area contributed by atoms with Gasteiger partial charge in [-0.3, -0.25) is 13.7 Å². The summed E-state index contributed by atoms with van der Waals surface area (Å²) < 4.78 is 21.2. The average Bonchev–Trinajstić information content (AvgIpc) is 2.52. The van der Waals surface area contributed by atoms with Gasteiger partial charge in [0.15, 0.2) is 0 Å². The minimum absolute atomic E-state index is 0.293. The number of fused-ring (bicyclic) bond motifs is 1. The molecule has 0 aliphatic rings. The highest BCUT2D eigenvalue weighted by Gasteiger charge is 2.24. The molecule has 1 atom stereocenters. The first kappa shape index (κ1) is 19.1. The Hall–Kier alpha value is -1.19. The highest BCUT2D eigenvalue weighted by atomic mass is 127. The molecule has 2 rings (SSSR count). The normalized spacial score (nSPS) is 13.8. The van der Waals surface area contributed by atoms with E-state index in [0.717, 1.165) is 10.8 Å². The summed E-state index contributed by atoms with van der Waals surface area (Å²) in [6.07, 6.45) is 0.547. The number of methoxy groups -OCH3 is 1. The van der Waals surface area contributed by atoms with Gasteiger partial charge in [0.1, 0.15) is 5.75 Å². The van der Waals surface area contributed by atoms with Crippen molar-refractivity contribution in [2.75, 3.05) is 7.11 Å². The molecule has 0 heterocycles. The molecule has 2 aromatic carbocycles. The molecule has 3 N–H and O–H groups in total. The van der Waals surface area contributed by atoms with Crippen molar-refractivity contribution in [2.24, 2.45) is 11.7 Å². The Labute approximate surface area is 155 Å². The molecule has 0 saturated carbocycles. The summed E-state index contributed by atoms with van der Waals surface area (Å²) >= 11 is 1.82. The number of hydrogen-bond donors (Lipinski definition) is 3. The maximum absolute atomic E-state index is 13.2. The molecule has 0 fully saturated rings. The molecule has 5 nitrogen and oxygen atoms in total. The zero-order valence-electron chi connectivity index (χ0n) is 14.0. The molecule has 0 aliphatic carbocycles. The predicted molar refractivity (Wildman–Crippen MR) is 108 cm³/mol. The quantitative estimate of drug-likeness (QED) is 0.350. The Balaban J connectivity index is 2.38. The van der Waals surface area contributed by atoms with Gasteiger partial charge in [-0.15, -0.1) is 0 Å². The highest BCUT2D eigenvalue weighted by molar-refractivity contribution is 14.2. The van der Waals surface area contributed by atoms with Gasteiger partial charge in [-0.05, 0) is 24.5 Å². The van der Waals surface area contributed by atoms with E-state index in [1.165, 1.54) is 0 Å². The monoisotopic (exact) mass is 462 g/mol. The predicted octanol–water partition coefficient (Wildman–Crippen LogP) is 2.98. The molecular weight excluding hydrogens is 439 g/mol. The fourth-order valence-corrected chi connectivity index (χ4v) is 5.90. The molecular formula is C17H23IN2O3S. The minimum atomic E-state index is -3.14. The van der Waals surface area contributed by atoms with Crippen molar-refractivity contribution < 1.29 is 13.7 Å². The Morgan fingerprint density at radius 2 is 1.88 bits per heavy atom. The van der Waals surface area contributed by atoms with E-state index in [9.17, 15) is 9.00 Å². The maximum Gasteiger partial charge on any atom is 0.247 e. The van der Waals surface area contributed by atoms with Crippen molar-refractivity contribution in [1.82, 2.24) is 4.72 Å². The third kappa shape index (κ3) is 4.25. The van der Waals surface area contributed by atoms with E-state index in [1.54, 1.807) is 19.2 Å². The van der Waals surface area contributed by atoms with Crippen LogP contribution < -0.4 is 15.2 Å². The first-order chi connectivity index (χ1) is 11.3. The standard InChI is InChI=1S/C17H23IN2O3S/c1-11(2)10-14(19)17(21)20-24(18,22)16-9-8-15(23-3)12-6-4-5-7-13(12)16/h4-9,11,14,24H,10,19H2,1-3H3,(H,20,21,22)/t14-/m0/s1. The van der Waals surface area contributed by atoms with Crippen LogP contribution in [0.4, 0.5) is 0 Å². The molecule has 0 aliphatic heterocycles. The summed E-state index contributed by atoms with van der Waals surface area (Å²) in [7, 11) is -1.54. The lowest BCUT2D eigenvalue weighted by atomic mass is 10.0. The van der Waals surface area contributed by atoms with Crippen molar-refractivity contribution in [1.29, 1.82) is 0 Å². The van der Waals surface area contributed by atoms with E-state index in [1.807, 2.05) is 59.3 Å². The lowest BCUT2D eigenvalue weighted by molar-refractivity contribution is -0.120. The summed E-state index contributed by atoms with van der Waals surface area (Å²) in [5, 5.41) is 1.66. The van der Waals surface area contributed by atoms with Crippen LogP contribution in [0.1, 0.15) is 20.3 Å². The van der Waals surface area contributed by atoms with Crippen molar-refractivity contribution >= 4 is 45.2 Å². The first-order valence-electron chi connectivity index (χ1n) is 7.70. The highest BCUT2D eigenvalue weighted by Crippen LogP contribution is 2.35. The van der Waals surface area contributed by atoms with Crippen LogP contribution in [0.3, 0.4) is 0 Å². The smallest absolute Gasteiger partial charge is 0.247 e. The second-order valence-corrected chi connectivity index (χ2v) is 11.9. The van der Waals surface area contributed by atoms with Gasteiger partial charge in [0.05, 0.1) is 13.2 Å². The van der Waals surface area contributed by atoms with Crippen LogP contribution in [0.2, 0.25) is 0 Å². The Morgan fingerprint density at radius 1 is 1.25 bits per heavy atom. The number of nitrogens with two attached hydrogens (primary N) is 1. The SMILES string of the molecule is COc1ccc([SH](=O)(I)NC(=O)[C@@H](N)CC(C)C)c2ccccc12. The van der Waals surface area contributed by atoms with Crippen LogP contribution >= 0.6 is 21.2 Å². The summed E-state index contributed by atoms with van der Waals surface area (Å²) in [6.45, 7) is 3.99. The molecule has 0 spiro atoms. The molecule has 0 bridgehead atoms. The summed E-state index contributed by atoms with van der Waals surface area (Å²) in [4.78, 5) is 12.9. The molecule has 7 heteroatoms. The molecule has 0 radical (unpaired) electrons. The molecule has 2 aromatic rings. The second-order valence-electron chi connectivity index (χ2n) is 6.08. The van der Waals surface area contributed by atoms with Crippen LogP contribution in [-0.2, 0) is 12.1 Å². The number of ether oxygens (including phenoxy) is 1. The third-order valence-electron chi connectivity index (χ3n) is 3.71. The zero-order valence-corrected chi connectivity index (χ0v) is 17.0. The van der Waals surface area contributed by atoms with Gasteiger partial charge in [0.2, 0.25) is 5.91 Å². The largest absolute Gasteiger partial charge is 0.496 e. The Kier molecular flexibility index (Phi) is 6.22. The number of rotatable bonds is 6. The number of carbonyl (C=O) groups excluding carboxylic acids is 1. The van der Waals surface area contributed by atoms with Gasteiger partial charge in [-0.25, -0.2) is 0 Å². The molecule has 24 heavy (non-hydrogen) atoms. The first-order valence-corrected chi connectivity index (χ1v) is 12.2. The van der Waals surface area contributed by atoms with Gasteiger partial charge in [0, 0.05) is 44.2 Å². The third-order valence-corrected chi connectivity index (χ3v) is 7.51. The van der Waals surface area contributed by atoms with Crippen LogP contribution in [0.5, 0.6) is 5.75 Å². The molecule has 0 unspecified atom stereocenters. The number of thiol groups is 1. The Bertz CT molecular complexity index is 794. The van der Waals surface area contributed by atoms with E-state index in [2.05, 4.69) is 4.72 Å². The van der Waals surface area contributed by atoms with E-state index < -0.39 is 13.3 Å². The van der Waals surface area contributed by atoms with E-state index in [4.69, 9.17) is 10.5 Å². The molecule has 1 amide bonds. The van der Waals surface area contributed by atoms with Crippen LogP contribution in [0.15, 0.2) is 41.3 Å². The second kappa shape index (κ2) is 7.79. The molecule has 132 valence electrons. The maximum atomic E-state index is 13.2. The zero-order chi connectivity index (χ0) is 17.9. The van der Waals surface area contributed by atoms with Crippen LogP contribution in [0.25, 0.3) is 10.8 Å². The average molecular weight is 462 g/mol. The van der Waals surface area contributed by atoms with E-state index in [0.29, 0.717) is 23.0 Å². The van der Waals surface area contributed by atoms with Gasteiger partial charge in [-0.2, -0.15) is 0 Å². The van der Waals surface area contributed by atoms with Gasteiger partial charge < -0.3 is 10.5 Å². The molecule has 0 aromatic heterocycles. The fraction of sp³-hybridized carbons (Fsp3) is 0.353. The van der Waals surface area contributed by atoms with E-state index in [-0.39, 0.29) is 5.91 Å². The summed E-state index contributed by atoms with van der Waals surface area (Å²) in [5.74, 6) is 0.607. The summed E-state index contributed by atoms with van der Waals surface area (Å²) in [5.41, 5.74) is 5.91. The summed E-state index contributed by atoms with van der Waals surface area (Å²) in [6, 6.07) is 10.4. The topological polar surface area (TPSA) is 81.4 Å². The number of hydrogen-bond acceptors (Lipinski definition) is 4. The number of nitrogens with one attached hydrogen (secondary N) is 1. The van der Waals surface area contributed by atoms with Gasteiger partial charge in [-0.1, -0.05) is 38.1 Å². The fourth-order valence-electron chi connectivity index (χ4n) is 2.58. The van der Waals surface area contributed by atoms with Crippen LogP contribution in [0, 0.1) is 5.92 Å². The minimum Gasteiger partial charge on any atom is -0.496 e. The molecule has 0 saturated heterocycles. The van der Waals surface area contributed by atoms with Crippen molar-refractivity contribution in [2.45, 2.75) is 31.2 Å². The van der Waals surface area contributed by atoms with Crippen molar-refractivity contribution in [3.05, 3.63) is 36.4 Å². The van der Waals surface area contributed by atoms with E-state index >= 15 is 0 Å². The number of amides is 1. The van der Waals surface area contributed by atoms with Gasteiger partial charge >= 0.3 is 0 Å². The lowest BCUT2D eigenvalue weighted by Crippen LogP contribution is -2.44. The number of carbonyl (C=O) groups is 1. The van der Waals surface area contributed by atoms with Crippen LogP contribution in [-0.4, -0.2) is 23.3 Å². The van der Waals surface area contributed by atoms with Crippen molar-refractivity contribution in [3.8, 4) is 5.75 Å².